The van der Waals surface area contributed by atoms with E-state index in [1.54, 1.807) is 38.4 Å². The van der Waals surface area contributed by atoms with Crippen LogP contribution < -0.4 is 20.3 Å². The lowest BCUT2D eigenvalue weighted by Gasteiger charge is -2.17. The number of hydrogen-bond donors (Lipinski definition) is 2. The number of carboxylic acid groups (broad SMARTS) is 1. The molecule has 2 aromatic carbocycles. The van der Waals surface area contributed by atoms with Crippen LogP contribution in [0.3, 0.4) is 0 Å². The van der Waals surface area contributed by atoms with Crippen molar-refractivity contribution in [1.29, 1.82) is 0 Å². The summed E-state index contributed by atoms with van der Waals surface area (Å²) in [6.07, 6.45) is 2.04. The van der Waals surface area contributed by atoms with Crippen molar-refractivity contribution in [3.05, 3.63) is 70.6 Å². The van der Waals surface area contributed by atoms with Gasteiger partial charge in [-0.1, -0.05) is 0 Å². The lowest BCUT2D eigenvalue weighted by Crippen LogP contribution is -2.16. The first-order chi connectivity index (χ1) is 15.8. The minimum Gasteiger partial charge on any atom is -0.493 e. The second kappa shape index (κ2) is 10.6. The van der Waals surface area contributed by atoms with Gasteiger partial charge in [0.2, 0.25) is 0 Å². The zero-order valence-electron chi connectivity index (χ0n) is 18.2. The highest BCUT2D eigenvalue weighted by molar-refractivity contribution is 5.78. The summed E-state index contributed by atoms with van der Waals surface area (Å²) in [7, 11) is 1.59. The number of aryl methyl sites for hydroxylation is 1. The van der Waals surface area contributed by atoms with Crippen molar-refractivity contribution in [3.63, 3.8) is 0 Å². The molecule has 3 aromatic rings. The van der Waals surface area contributed by atoms with Crippen LogP contribution in [0, 0.1) is 11.6 Å². The summed E-state index contributed by atoms with van der Waals surface area (Å²) in [5.41, 5.74) is 1.43. The Balaban J connectivity index is 2.05. The number of halogens is 2. The van der Waals surface area contributed by atoms with Crippen molar-refractivity contribution in [1.82, 2.24) is 4.57 Å². The van der Waals surface area contributed by atoms with E-state index in [2.05, 4.69) is 5.32 Å². The van der Waals surface area contributed by atoms with Gasteiger partial charge in [0.25, 0.3) is 5.56 Å². The third-order valence-electron chi connectivity index (χ3n) is 4.77. The van der Waals surface area contributed by atoms with Crippen LogP contribution in [0.4, 0.5) is 14.5 Å². The van der Waals surface area contributed by atoms with Crippen molar-refractivity contribution < 1.29 is 28.2 Å². The van der Waals surface area contributed by atoms with Crippen LogP contribution in [0.2, 0.25) is 0 Å². The smallest absolute Gasteiger partial charge is 0.303 e. The molecule has 0 aliphatic rings. The Morgan fingerprint density at radius 1 is 1.06 bits per heavy atom. The minimum absolute atomic E-state index is 0.0280. The third kappa shape index (κ3) is 6.09. The van der Waals surface area contributed by atoms with Crippen molar-refractivity contribution in [2.45, 2.75) is 19.8 Å². The largest absolute Gasteiger partial charge is 0.493 e. The minimum atomic E-state index is -0.880. The summed E-state index contributed by atoms with van der Waals surface area (Å²) < 4.78 is 40.4. The Hall–Kier alpha value is -3.88. The molecule has 7 nitrogen and oxygen atoms in total. The highest BCUT2D eigenvalue weighted by Crippen LogP contribution is 2.40. The van der Waals surface area contributed by atoms with Gasteiger partial charge in [-0.15, -0.1) is 0 Å². The average Bonchev–Trinajstić information content (AvgIpc) is 2.76. The highest BCUT2D eigenvalue weighted by Gasteiger charge is 2.17. The van der Waals surface area contributed by atoms with Crippen molar-refractivity contribution in [2.24, 2.45) is 7.05 Å². The Morgan fingerprint density at radius 3 is 2.52 bits per heavy atom. The second-order valence-corrected chi connectivity index (χ2v) is 7.25. The maximum absolute atomic E-state index is 14.2. The van der Waals surface area contributed by atoms with E-state index in [1.807, 2.05) is 0 Å². The average molecular weight is 458 g/mol. The van der Waals surface area contributed by atoms with Gasteiger partial charge in [0, 0.05) is 55.2 Å². The number of hydrogen-bond acceptors (Lipinski definition) is 5. The zero-order chi connectivity index (χ0) is 24.0. The lowest BCUT2D eigenvalue weighted by molar-refractivity contribution is -0.137. The van der Waals surface area contributed by atoms with E-state index in [0.29, 0.717) is 42.1 Å². The van der Waals surface area contributed by atoms with Crippen LogP contribution in [0.5, 0.6) is 17.2 Å². The number of aromatic nitrogens is 1. The third-order valence-corrected chi connectivity index (χ3v) is 4.77. The van der Waals surface area contributed by atoms with Crippen LogP contribution in [0.25, 0.3) is 11.1 Å². The molecule has 0 amide bonds. The van der Waals surface area contributed by atoms with E-state index in [4.69, 9.17) is 14.6 Å². The van der Waals surface area contributed by atoms with Gasteiger partial charge in [-0.05, 0) is 43.7 Å². The number of aliphatic carboxylic acids is 1. The van der Waals surface area contributed by atoms with Crippen LogP contribution in [0.1, 0.15) is 19.8 Å². The van der Waals surface area contributed by atoms with Gasteiger partial charge in [0.1, 0.15) is 17.3 Å². The molecule has 1 aromatic heterocycles. The molecule has 174 valence electrons. The molecule has 0 aliphatic carbocycles. The number of benzene rings is 2. The molecular weight excluding hydrogens is 434 g/mol. The summed E-state index contributed by atoms with van der Waals surface area (Å²) in [4.78, 5) is 22.9. The summed E-state index contributed by atoms with van der Waals surface area (Å²) in [6.45, 7) is 2.52. The first kappa shape index (κ1) is 23.8. The van der Waals surface area contributed by atoms with Crippen molar-refractivity contribution in [3.8, 4) is 28.4 Å². The molecule has 0 bridgehead atoms. The van der Waals surface area contributed by atoms with Gasteiger partial charge in [0.15, 0.2) is 11.6 Å². The Bertz CT molecular complexity index is 1210. The molecule has 0 aliphatic heterocycles. The molecule has 1 heterocycles. The molecule has 2 N–H and O–H groups in total. The summed E-state index contributed by atoms with van der Waals surface area (Å²) >= 11 is 0. The number of pyridine rings is 1. The van der Waals surface area contributed by atoms with E-state index in [-0.39, 0.29) is 23.5 Å². The monoisotopic (exact) mass is 458 g/mol. The maximum Gasteiger partial charge on any atom is 0.303 e. The number of ether oxygens (including phenoxy) is 2. The summed E-state index contributed by atoms with van der Waals surface area (Å²) in [5.74, 6) is -2.04. The molecule has 0 saturated heterocycles. The topological polar surface area (TPSA) is 89.8 Å². The van der Waals surface area contributed by atoms with E-state index >= 15 is 0 Å². The fourth-order valence-corrected chi connectivity index (χ4v) is 3.18. The highest BCUT2D eigenvalue weighted by atomic mass is 19.1. The molecule has 0 radical (unpaired) electrons. The number of anilines is 1. The van der Waals surface area contributed by atoms with Crippen molar-refractivity contribution >= 4 is 11.7 Å². The van der Waals surface area contributed by atoms with E-state index in [0.717, 1.165) is 12.1 Å². The Labute approximate surface area is 189 Å². The molecular formula is C24H24F2N2O5. The number of rotatable bonds is 10. The number of carboxylic acids is 1. The van der Waals surface area contributed by atoms with Crippen LogP contribution in [-0.2, 0) is 11.8 Å². The Kier molecular flexibility index (Phi) is 7.66. The van der Waals surface area contributed by atoms with E-state index in [1.165, 1.54) is 16.7 Å². The van der Waals surface area contributed by atoms with E-state index in [9.17, 15) is 18.4 Å². The van der Waals surface area contributed by atoms with Gasteiger partial charge in [0.05, 0.1) is 6.61 Å². The predicted molar refractivity (Wildman–Crippen MR) is 120 cm³/mol. The molecule has 0 fully saturated rings. The second-order valence-electron chi connectivity index (χ2n) is 7.25. The fraction of sp³-hybridized carbons (Fsp3) is 0.250. The Morgan fingerprint density at radius 2 is 1.82 bits per heavy atom. The molecule has 0 unspecified atom stereocenters. The molecule has 3 rings (SSSR count). The zero-order valence-corrected chi connectivity index (χ0v) is 18.2. The van der Waals surface area contributed by atoms with Crippen LogP contribution in [0.15, 0.2) is 53.5 Å². The number of carbonyl (C=O) groups is 1. The maximum atomic E-state index is 14.2. The van der Waals surface area contributed by atoms with Gasteiger partial charge in [-0.2, -0.15) is 0 Å². The van der Waals surface area contributed by atoms with Gasteiger partial charge >= 0.3 is 5.97 Å². The number of nitrogens with zero attached hydrogens (tertiary/aromatic N) is 1. The van der Waals surface area contributed by atoms with Gasteiger partial charge in [-0.3, -0.25) is 9.59 Å². The first-order valence-electron chi connectivity index (χ1n) is 10.3. The predicted octanol–water partition coefficient (Wildman–Crippen LogP) is 4.80. The van der Waals surface area contributed by atoms with Crippen LogP contribution >= 0.6 is 0 Å². The van der Waals surface area contributed by atoms with Gasteiger partial charge in [-0.25, -0.2) is 8.78 Å². The molecule has 0 atom stereocenters. The van der Waals surface area contributed by atoms with Crippen LogP contribution in [-0.4, -0.2) is 28.8 Å². The quantitative estimate of drug-likeness (QED) is 0.425. The summed E-state index contributed by atoms with van der Waals surface area (Å²) in [6, 6.07) is 9.41. The molecule has 0 spiro atoms. The molecule has 9 heteroatoms. The van der Waals surface area contributed by atoms with Crippen molar-refractivity contribution in [2.75, 3.05) is 18.5 Å². The molecule has 33 heavy (non-hydrogen) atoms. The fourth-order valence-electron chi connectivity index (χ4n) is 3.18. The van der Waals surface area contributed by atoms with E-state index < -0.39 is 17.6 Å². The lowest BCUT2D eigenvalue weighted by atomic mass is 10.0. The summed E-state index contributed by atoms with van der Waals surface area (Å²) in [5, 5.41) is 12.0. The standard InChI is InChI=1S/C24H24F2N2O5/c1-3-32-22-13-23(29)28(2)14-18(22)17-12-16(27-10-4-5-24(30)31)7-9-20(17)33-21-8-6-15(25)11-19(21)26/h6-9,11-14,27H,3-5,10H2,1-2H3,(H,30,31). The number of nitrogens with one attached hydrogen (secondary N) is 1. The molecule has 0 saturated carbocycles. The normalized spacial score (nSPS) is 10.7. The SMILES string of the molecule is CCOc1cc(=O)n(C)cc1-c1cc(NCCCC(=O)O)ccc1Oc1ccc(F)cc1F. The first-order valence-corrected chi connectivity index (χ1v) is 10.3. The van der Waals surface area contributed by atoms with Gasteiger partial charge < -0.3 is 24.5 Å².